The normalized spacial score (nSPS) is 12.2. The molecule has 0 aliphatic rings. The summed E-state index contributed by atoms with van der Waals surface area (Å²) in [7, 11) is 1.71. The summed E-state index contributed by atoms with van der Waals surface area (Å²) in [6.45, 7) is 5.77. The highest BCUT2D eigenvalue weighted by atomic mass is 16.5. The molecule has 0 aliphatic heterocycles. The fourth-order valence-electron chi connectivity index (χ4n) is 1.18. The summed E-state index contributed by atoms with van der Waals surface area (Å²) in [4.78, 5) is 4.14. The highest BCUT2D eigenvalue weighted by Crippen LogP contribution is 2.12. The Labute approximate surface area is 91.1 Å². The van der Waals surface area contributed by atoms with Crippen LogP contribution < -0.4 is 10.6 Å². The Morgan fingerprint density at radius 1 is 1.33 bits per heavy atom. The monoisotopic (exact) mass is 209 g/mol. The molecule has 0 bridgehead atoms. The zero-order chi connectivity index (χ0) is 11.1. The van der Waals surface area contributed by atoms with Crippen molar-refractivity contribution in [2.45, 2.75) is 20.0 Å². The first-order chi connectivity index (χ1) is 7.26. The predicted molar refractivity (Wildman–Crippen MR) is 63.4 cm³/mol. The Hall–Kier alpha value is -1.29. The van der Waals surface area contributed by atoms with E-state index in [1.165, 1.54) is 0 Å². The summed E-state index contributed by atoms with van der Waals surface area (Å²) in [6.07, 6.45) is 3.82. The molecule has 1 aromatic heterocycles. The van der Waals surface area contributed by atoms with E-state index in [0.717, 1.165) is 24.5 Å². The lowest BCUT2D eigenvalue weighted by Gasteiger charge is -2.12. The fourth-order valence-corrected chi connectivity index (χ4v) is 1.18. The second kappa shape index (κ2) is 6.24. The van der Waals surface area contributed by atoms with Crippen molar-refractivity contribution in [2.75, 3.05) is 30.8 Å². The van der Waals surface area contributed by atoms with Crippen molar-refractivity contribution in [3.8, 4) is 0 Å². The van der Waals surface area contributed by atoms with E-state index in [1.54, 1.807) is 7.11 Å². The number of nitrogens with zero attached hydrogens (tertiary/aromatic N) is 1. The highest BCUT2D eigenvalue weighted by Gasteiger charge is 1.99. The zero-order valence-electron chi connectivity index (χ0n) is 9.58. The summed E-state index contributed by atoms with van der Waals surface area (Å²) >= 11 is 0. The summed E-state index contributed by atoms with van der Waals surface area (Å²) in [5.41, 5.74) is 2.05. The van der Waals surface area contributed by atoms with Gasteiger partial charge in [0.05, 0.1) is 29.9 Å². The molecule has 4 nitrogen and oxygen atoms in total. The van der Waals surface area contributed by atoms with Gasteiger partial charge in [-0.3, -0.25) is 4.98 Å². The average Bonchev–Trinajstić information content (AvgIpc) is 2.27. The van der Waals surface area contributed by atoms with E-state index in [4.69, 9.17) is 4.74 Å². The van der Waals surface area contributed by atoms with Gasteiger partial charge in [-0.05, 0) is 19.9 Å². The van der Waals surface area contributed by atoms with Gasteiger partial charge in [0.2, 0.25) is 0 Å². The molecule has 1 rings (SSSR count). The number of rotatable bonds is 6. The first-order valence-electron chi connectivity index (χ1n) is 5.21. The molecule has 4 heteroatoms. The van der Waals surface area contributed by atoms with Gasteiger partial charge in [-0.15, -0.1) is 0 Å². The minimum Gasteiger partial charge on any atom is -0.384 e. The molecule has 1 unspecified atom stereocenters. The van der Waals surface area contributed by atoms with E-state index in [-0.39, 0.29) is 6.10 Å². The molecule has 0 radical (unpaired) electrons. The molecule has 0 fully saturated rings. The quantitative estimate of drug-likeness (QED) is 0.752. The molecular weight excluding hydrogens is 190 g/mol. The largest absolute Gasteiger partial charge is 0.384 e. The summed E-state index contributed by atoms with van der Waals surface area (Å²) in [5.74, 6) is 0. The van der Waals surface area contributed by atoms with Crippen molar-refractivity contribution >= 4 is 11.4 Å². The maximum absolute atomic E-state index is 5.15. The Balaban J connectivity index is 2.50. The van der Waals surface area contributed by atoms with E-state index < -0.39 is 0 Å². The molecule has 0 aliphatic carbocycles. The molecule has 0 saturated carbocycles. The van der Waals surface area contributed by atoms with Gasteiger partial charge < -0.3 is 15.4 Å². The standard InChI is InChI=1S/C11H19N3O/c1-4-13-10-5-11(8-12-7-10)14-6-9(2)15-3/h5,7-9,13-14H,4,6H2,1-3H3. The number of anilines is 2. The number of methoxy groups -OCH3 is 1. The van der Waals surface area contributed by atoms with Gasteiger partial charge in [0.1, 0.15) is 0 Å². The van der Waals surface area contributed by atoms with E-state index in [1.807, 2.05) is 25.4 Å². The van der Waals surface area contributed by atoms with Crippen molar-refractivity contribution in [1.29, 1.82) is 0 Å². The highest BCUT2D eigenvalue weighted by molar-refractivity contribution is 5.53. The third-order valence-corrected chi connectivity index (χ3v) is 2.12. The van der Waals surface area contributed by atoms with Crippen LogP contribution in [0.3, 0.4) is 0 Å². The second-order valence-electron chi connectivity index (χ2n) is 3.42. The van der Waals surface area contributed by atoms with E-state index in [2.05, 4.69) is 22.5 Å². The van der Waals surface area contributed by atoms with Crippen LogP contribution >= 0.6 is 0 Å². The lowest BCUT2D eigenvalue weighted by molar-refractivity contribution is 0.129. The van der Waals surface area contributed by atoms with Crippen LogP contribution in [-0.2, 0) is 4.74 Å². The van der Waals surface area contributed by atoms with E-state index >= 15 is 0 Å². The Kier molecular flexibility index (Phi) is 4.90. The molecule has 0 aromatic carbocycles. The van der Waals surface area contributed by atoms with E-state index in [0.29, 0.717) is 0 Å². The van der Waals surface area contributed by atoms with Crippen LogP contribution in [0.5, 0.6) is 0 Å². The Bertz CT molecular complexity index is 291. The molecule has 84 valence electrons. The average molecular weight is 209 g/mol. The van der Waals surface area contributed by atoms with Gasteiger partial charge in [0.25, 0.3) is 0 Å². The zero-order valence-corrected chi connectivity index (χ0v) is 9.58. The van der Waals surface area contributed by atoms with Crippen molar-refractivity contribution < 1.29 is 4.74 Å². The third-order valence-electron chi connectivity index (χ3n) is 2.12. The molecule has 1 atom stereocenters. The molecular formula is C11H19N3O. The van der Waals surface area contributed by atoms with Crippen molar-refractivity contribution in [1.82, 2.24) is 4.98 Å². The minimum atomic E-state index is 0.202. The lowest BCUT2D eigenvalue weighted by atomic mass is 10.3. The third kappa shape index (κ3) is 4.16. The number of aromatic nitrogens is 1. The van der Waals surface area contributed by atoms with Gasteiger partial charge >= 0.3 is 0 Å². The topological polar surface area (TPSA) is 46.2 Å². The van der Waals surface area contributed by atoms with Crippen molar-refractivity contribution in [3.63, 3.8) is 0 Å². The molecule has 2 N–H and O–H groups in total. The van der Waals surface area contributed by atoms with Gasteiger partial charge in [-0.1, -0.05) is 0 Å². The van der Waals surface area contributed by atoms with Crippen LogP contribution in [0.1, 0.15) is 13.8 Å². The summed E-state index contributed by atoms with van der Waals surface area (Å²) < 4.78 is 5.15. The number of nitrogens with one attached hydrogen (secondary N) is 2. The molecule has 1 aromatic rings. The maximum Gasteiger partial charge on any atom is 0.0715 e. The Morgan fingerprint density at radius 3 is 2.60 bits per heavy atom. The Morgan fingerprint density at radius 2 is 2.00 bits per heavy atom. The smallest absolute Gasteiger partial charge is 0.0715 e. The summed E-state index contributed by atoms with van der Waals surface area (Å²) in [6, 6.07) is 2.04. The number of ether oxygens (including phenoxy) is 1. The first-order valence-corrected chi connectivity index (χ1v) is 5.21. The van der Waals surface area contributed by atoms with Crippen LogP contribution in [-0.4, -0.2) is 31.3 Å². The van der Waals surface area contributed by atoms with Crippen LogP contribution in [0.15, 0.2) is 18.5 Å². The number of pyridine rings is 1. The summed E-state index contributed by atoms with van der Waals surface area (Å²) in [5, 5.41) is 6.48. The molecule has 0 amide bonds. The molecule has 0 spiro atoms. The maximum atomic E-state index is 5.15. The minimum absolute atomic E-state index is 0.202. The van der Waals surface area contributed by atoms with Gasteiger partial charge in [0, 0.05) is 20.2 Å². The van der Waals surface area contributed by atoms with Gasteiger partial charge in [-0.25, -0.2) is 0 Å². The lowest BCUT2D eigenvalue weighted by Crippen LogP contribution is -2.18. The molecule has 0 saturated heterocycles. The molecule has 15 heavy (non-hydrogen) atoms. The van der Waals surface area contributed by atoms with Crippen molar-refractivity contribution in [2.24, 2.45) is 0 Å². The van der Waals surface area contributed by atoms with Gasteiger partial charge in [0.15, 0.2) is 0 Å². The van der Waals surface area contributed by atoms with Gasteiger partial charge in [-0.2, -0.15) is 0 Å². The second-order valence-corrected chi connectivity index (χ2v) is 3.42. The molecule has 1 heterocycles. The predicted octanol–water partition coefficient (Wildman–Crippen LogP) is 1.96. The van der Waals surface area contributed by atoms with Crippen LogP contribution in [0.25, 0.3) is 0 Å². The van der Waals surface area contributed by atoms with Crippen molar-refractivity contribution in [3.05, 3.63) is 18.5 Å². The van der Waals surface area contributed by atoms with Crippen LogP contribution in [0.4, 0.5) is 11.4 Å². The number of hydrogen-bond acceptors (Lipinski definition) is 4. The SMILES string of the molecule is CCNc1cncc(NCC(C)OC)c1. The first kappa shape index (κ1) is 11.8. The van der Waals surface area contributed by atoms with Crippen LogP contribution in [0.2, 0.25) is 0 Å². The fraction of sp³-hybridized carbons (Fsp3) is 0.545. The van der Waals surface area contributed by atoms with E-state index in [9.17, 15) is 0 Å². The number of hydrogen-bond donors (Lipinski definition) is 2. The van der Waals surface area contributed by atoms with Crippen LogP contribution in [0, 0.1) is 0 Å².